The van der Waals surface area contributed by atoms with E-state index < -0.39 is 0 Å². The third-order valence-electron chi connectivity index (χ3n) is 2.63. The lowest BCUT2D eigenvalue weighted by Crippen LogP contribution is -1.97. The van der Waals surface area contributed by atoms with Gasteiger partial charge in [0.2, 0.25) is 0 Å². The second-order valence-corrected chi connectivity index (χ2v) is 3.66. The predicted octanol–water partition coefficient (Wildman–Crippen LogP) is 2.16. The van der Waals surface area contributed by atoms with Gasteiger partial charge >= 0.3 is 0 Å². The molecule has 0 aliphatic heterocycles. The number of carbonyl (C=O) groups excluding carboxylic acids is 1. The summed E-state index contributed by atoms with van der Waals surface area (Å²) >= 11 is 0. The van der Waals surface area contributed by atoms with Gasteiger partial charge in [0.1, 0.15) is 5.78 Å². The van der Waals surface area contributed by atoms with Gasteiger partial charge in [-0.2, -0.15) is 0 Å². The first kappa shape index (κ1) is 10.0. The number of hydrogen-bond acceptors (Lipinski definition) is 1. The van der Waals surface area contributed by atoms with Gasteiger partial charge in [-0.15, -0.1) is 0 Å². The lowest BCUT2D eigenvalue weighted by molar-refractivity contribution is -0.116. The van der Waals surface area contributed by atoms with Crippen LogP contribution in [0.5, 0.6) is 0 Å². The molecule has 1 aromatic rings. The number of hydrogen-bond donors (Lipinski definition) is 0. The van der Waals surface area contributed by atoms with Crippen LogP contribution in [0, 0.1) is 13.8 Å². The fourth-order valence-electron chi connectivity index (χ4n) is 1.50. The maximum Gasteiger partial charge on any atom is 0.130 e. The van der Waals surface area contributed by atoms with Gasteiger partial charge in [-0.1, -0.05) is 0 Å². The minimum Gasteiger partial charge on any atom is -0.352 e. The molecule has 1 rings (SSSR count). The van der Waals surface area contributed by atoms with Gasteiger partial charge in [0, 0.05) is 24.9 Å². The van der Waals surface area contributed by atoms with Crippen molar-refractivity contribution in [3.8, 4) is 0 Å². The van der Waals surface area contributed by atoms with Crippen molar-refractivity contribution in [2.45, 2.75) is 33.6 Å². The average Bonchev–Trinajstić information content (AvgIpc) is 2.29. The van der Waals surface area contributed by atoms with Crippen molar-refractivity contribution in [2.24, 2.45) is 7.05 Å². The Kier molecular flexibility index (Phi) is 2.91. The summed E-state index contributed by atoms with van der Waals surface area (Å²) in [5.74, 6) is 0.265. The molecule has 2 nitrogen and oxygen atoms in total. The largest absolute Gasteiger partial charge is 0.352 e. The van der Waals surface area contributed by atoms with Gasteiger partial charge in [-0.05, 0) is 38.8 Å². The molecule has 0 aromatic carbocycles. The molecular formula is C11H17NO. The summed E-state index contributed by atoms with van der Waals surface area (Å²) in [7, 11) is 2.06. The van der Waals surface area contributed by atoms with Crippen LogP contribution in [0.2, 0.25) is 0 Å². The number of carbonyl (C=O) groups is 1. The molecule has 0 aliphatic carbocycles. The van der Waals surface area contributed by atoms with E-state index in [9.17, 15) is 4.79 Å². The second-order valence-electron chi connectivity index (χ2n) is 3.66. The van der Waals surface area contributed by atoms with Crippen molar-refractivity contribution >= 4 is 5.78 Å². The standard InChI is InChI=1S/C11H17NO/c1-8-7-11(6-5-9(2)13)10(3)12(8)4/h7H,5-6H2,1-4H3. The van der Waals surface area contributed by atoms with Crippen molar-refractivity contribution in [2.75, 3.05) is 0 Å². The van der Waals surface area contributed by atoms with Crippen LogP contribution in [0.15, 0.2) is 6.07 Å². The molecule has 72 valence electrons. The number of ketones is 1. The smallest absolute Gasteiger partial charge is 0.130 e. The lowest BCUT2D eigenvalue weighted by atomic mass is 10.1. The van der Waals surface area contributed by atoms with Crippen molar-refractivity contribution in [3.63, 3.8) is 0 Å². The molecule has 0 atom stereocenters. The Morgan fingerprint density at radius 1 is 1.46 bits per heavy atom. The van der Waals surface area contributed by atoms with Gasteiger partial charge < -0.3 is 9.36 Å². The molecule has 0 amide bonds. The Balaban J connectivity index is 2.78. The van der Waals surface area contributed by atoms with E-state index in [2.05, 4.69) is 31.5 Å². The summed E-state index contributed by atoms with van der Waals surface area (Å²) in [4.78, 5) is 10.8. The van der Waals surface area contributed by atoms with E-state index in [0.717, 1.165) is 6.42 Å². The molecule has 1 heterocycles. The zero-order valence-electron chi connectivity index (χ0n) is 8.85. The maximum absolute atomic E-state index is 10.8. The Labute approximate surface area is 79.6 Å². The van der Waals surface area contributed by atoms with Crippen LogP contribution in [-0.2, 0) is 18.3 Å². The Bertz CT molecular complexity index is 323. The van der Waals surface area contributed by atoms with Gasteiger partial charge in [-0.25, -0.2) is 0 Å². The quantitative estimate of drug-likeness (QED) is 0.697. The first-order valence-corrected chi connectivity index (χ1v) is 4.63. The topological polar surface area (TPSA) is 22.0 Å². The number of aromatic nitrogens is 1. The molecule has 0 saturated heterocycles. The highest BCUT2D eigenvalue weighted by atomic mass is 16.1. The van der Waals surface area contributed by atoms with Crippen LogP contribution in [0.25, 0.3) is 0 Å². The van der Waals surface area contributed by atoms with E-state index >= 15 is 0 Å². The highest BCUT2D eigenvalue weighted by Crippen LogP contribution is 2.14. The fourth-order valence-corrected chi connectivity index (χ4v) is 1.50. The van der Waals surface area contributed by atoms with Crippen molar-refractivity contribution in [1.29, 1.82) is 0 Å². The Morgan fingerprint density at radius 2 is 2.08 bits per heavy atom. The van der Waals surface area contributed by atoms with Crippen LogP contribution in [0.4, 0.5) is 0 Å². The molecule has 0 aliphatic rings. The summed E-state index contributed by atoms with van der Waals surface area (Å²) in [5, 5.41) is 0. The fraction of sp³-hybridized carbons (Fsp3) is 0.545. The third-order valence-corrected chi connectivity index (χ3v) is 2.63. The highest BCUT2D eigenvalue weighted by molar-refractivity contribution is 5.75. The maximum atomic E-state index is 10.8. The minimum atomic E-state index is 0.265. The number of Topliss-reactive ketones (excluding diaryl/α,β-unsaturated/α-hetero) is 1. The minimum absolute atomic E-state index is 0.265. The van der Waals surface area contributed by atoms with E-state index in [0.29, 0.717) is 6.42 Å². The Hall–Kier alpha value is -1.05. The van der Waals surface area contributed by atoms with Crippen LogP contribution in [0.3, 0.4) is 0 Å². The van der Waals surface area contributed by atoms with E-state index in [1.807, 2.05) is 0 Å². The summed E-state index contributed by atoms with van der Waals surface area (Å²) in [5.41, 5.74) is 3.84. The van der Waals surface area contributed by atoms with Crippen LogP contribution in [0.1, 0.15) is 30.3 Å². The first-order valence-electron chi connectivity index (χ1n) is 4.63. The normalized spacial score (nSPS) is 10.5. The van der Waals surface area contributed by atoms with E-state index in [4.69, 9.17) is 0 Å². The Morgan fingerprint density at radius 3 is 2.46 bits per heavy atom. The molecular weight excluding hydrogens is 162 g/mol. The van der Waals surface area contributed by atoms with Crippen LogP contribution in [-0.4, -0.2) is 10.4 Å². The van der Waals surface area contributed by atoms with E-state index in [-0.39, 0.29) is 5.78 Å². The zero-order valence-corrected chi connectivity index (χ0v) is 8.85. The van der Waals surface area contributed by atoms with E-state index in [1.54, 1.807) is 6.92 Å². The van der Waals surface area contributed by atoms with Crippen LogP contribution < -0.4 is 0 Å². The predicted molar refractivity (Wildman–Crippen MR) is 53.9 cm³/mol. The zero-order chi connectivity index (χ0) is 10.0. The molecule has 0 unspecified atom stereocenters. The first-order chi connectivity index (χ1) is 6.02. The molecule has 13 heavy (non-hydrogen) atoms. The summed E-state index contributed by atoms with van der Waals surface area (Å²) in [6, 6.07) is 2.16. The summed E-state index contributed by atoms with van der Waals surface area (Å²) < 4.78 is 2.16. The van der Waals surface area contributed by atoms with Gasteiger partial charge in [0.25, 0.3) is 0 Å². The summed E-state index contributed by atoms with van der Waals surface area (Å²) in [6.07, 6.45) is 1.53. The SMILES string of the molecule is CC(=O)CCc1cc(C)n(C)c1C. The third kappa shape index (κ3) is 2.20. The van der Waals surface area contributed by atoms with Crippen LogP contribution >= 0.6 is 0 Å². The molecule has 2 heteroatoms. The molecule has 1 aromatic heterocycles. The van der Waals surface area contributed by atoms with Crippen molar-refractivity contribution in [3.05, 3.63) is 23.0 Å². The molecule has 0 bridgehead atoms. The molecule has 0 N–H and O–H groups in total. The van der Waals surface area contributed by atoms with Gasteiger partial charge in [0.05, 0.1) is 0 Å². The average molecular weight is 179 g/mol. The highest BCUT2D eigenvalue weighted by Gasteiger charge is 2.06. The number of nitrogens with zero attached hydrogens (tertiary/aromatic N) is 1. The molecule has 0 fully saturated rings. The molecule has 0 spiro atoms. The van der Waals surface area contributed by atoms with Crippen molar-refractivity contribution in [1.82, 2.24) is 4.57 Å². The van der Waals surface area contributed by atoms with Crippen molar-refractivity contribution < 1.29 is 4.79 Å². The summed E-state index contributed by atoms with van der Waals surface area (Å²) in [6.45, 7) is 5.83. The second kappa shape index (κ2) is 3.77. The van der Waals surface area contributed by atoms with Gasteiger partial charge in [-0.3, -0.25) is 0 Å². The van der Waals surface area contributed by atoms with E-state index in [1.165, 1.54) is 17.0 Å². The molecule has 0 saturated carbocycles. The number of rotatable bonds is 3. The lowest BCUT2D eigenvalue weighted by Gasteiger charge is -2.00. The van der Waals surface area contributed by atoms with Gasteiger partial charge in [0.15, 0.2) is 0 Å². The number of aryl methyl sites for hydroxylation is 2. The molecule has 0 radical (unpaired) electrons. The monoisotopic (exact) mass is 179 g/mol.